The van der Waals surface area contributed by atoms with Crippen LogP contribution in [0, 0.1) is 0 Å². The van der Waals surface area contributed by atoms with Gasteiger partial charge in [0.1, 0.15) is 0 Å². The average molecular weight is 531 g/mol. The van der Waals surface area contributed by atoms with Crippen LogP contribution in [0.2, 0.25) is 0 Å². The van der Waals surface area contributed by atoms with E-state index in [0.29, 0.717) is 0 Å². The predicted molar refractivity (Wildman–Crippen MR) is 157 cm³/mol. The molecule has 0 N–H and O–H groups in total. The van der Waals surface area contributed by atoms with Crippen molar-refractivity contribution in [3.63, 3.8) is 0 Å². The van der Waals surface area contributed by atoms with Crippen molar-refractivity contribution < 1.29 is 16.5 Å². The van der Waals surface area contributed by atoms with Gasteiger partial charge in [0.15, 0.2) is 0 Å². The van der Waals surface area contributed by atoms with E-state index in [1.54, 1.807) is 0 Å². The number of rotatable bonds is 19. The van der Waals surface area contributed by atoms with E-state index in [2.05, 4.69) is 74.5 Å². The smallest absolute Gasteiger partial charge is 0.0848 e. The van der Waals surface area contributed by atoms with Crippen molar-refractivity contribution >= 4 is 22.8 Å². The molecule has 3 heteroatoms. The van der Waals surface area contributed by atoms with Gasteiger partial charge in [-0.3, -0.25) is 4.99 Å². The summed E-state index contributed by atoms with van der Waals surface area (Å²) in [6.45, 7) is 4.54. The summed E-state index contributed by atoms with van der Waals surface area (Å²) in [5.41, 5.74) is 4.08. The molecule has 2 aromatic carbocycles. The van der Waals surface area contributed by atoms with Gasteiger partial charge in [-0.15, -0.1) is 0 Å². The molecule has 0 saturated heterocycles. The molecule has 0 bridgehead atoms. The Morgan fingerprint density at radius 3 is 1.61 bits per heavy atom. The van der Waals surface area contributed by atoms with Crippen molar-refractivity contribution in [2.45, 2.75) is 110 Å². The summed E-state index contributed by atoms with van der Waals surface area (Å²) >= 11 is 0. The topological polar surface area (TPSA) is 24.7 Å². The molecule has 2 aromatic rings. The fraction of sp³-hybridized carbons (Fsp3) is 0.515. The van der Waals surface area contributed by atoms with E-state index in [1.807, 2.05) is 12.1 Å². The molecule has 36 heavy (non-hydrogen) atoms. The third kappa shape index (κ3) is 15.2. The van der Waals surface area contributed by atoms with Gasteiger partial charge in [0.05, 0.1) is 22.8 Å². The molecular weight excluding hydrogens is 483 g/mol. The molecule has 2 nitrogen and oxygen atoms in total. The zero-order chi connectivity index (χ0) is 24.8. The second kappa shape index (κ2) is 22.2. The molecule has 0 aliphatic rings. The minimum atomic E-state index is 0. The number of benzene rings is 2. The van der Waals surface area contributed by atoms with E-state index in [-0.39, 0.29) is 16.5 Å². The van der Waals surface area contributed by atoms with Crippen LogP contribution in [0.5, 0.6) is 0 Å². The number of unbranched alkanes of at least 4 members (excludes halogenated alkanes) is 12. The fourth-order valence-corrected chi connectivity index (χ4v) is 4.23. The normalized spacial score (nSPS) is 12.2. The molecule has 0 atom stereocenters. The summed E-state index contributed by atoms with van der Waals surface area (Å²) in [5, 5.41) is 0. The van der Waals surface area contributed by atoms with Crippen molar-refractivity contribution in [3.05, 3.63) is 72.8 Å². The zero-order valence-corrected chi connectivity index (χ0v) is 23.7. The largest absolute Gasteiger partial charge is 0.251 e. The van der Waals surface area contributed by atoms with Crippen molar-refractivity contribution in [1.82, 2.24) is 0 Å². The molecule has 0 aromatic heterocycles. The van der Waals surface area contributed by atoms with Crippen LogP contribution < -0.4 is 0 Å². The molecule has 0 aliphatic heterocycles. The molecule has 0 radical (unpaired) electrons. The molecule has 0 fully saturated rings. The van der Waals surface area contributed by atoms with E-state index in [4.69, 9.17) is 9.98 Å². The summed E-state index contributed by atoms with van der Waals surface area (Å²) in [6, 6.07) is 20.6. The standard InChI is InChI=1S/C33H48N2.Ni/c1-3-5-7-8-9-10-11-12-13-14-15-23-29-33(35-31-26-21-17-22-27-31)32(28-18-6-4-2)34-30-24-19-16-20-25-30;/h16-17,19-27,29H,3-15,18,28H2,1-2H3;/b29-23+,34-32+,35-33+;. The monoisotopic (exact) mass is 530 g/mol. The van der Waals surface area contributed by atoms with Gasteiger partial charge in [-0.1, -0.05) is 127 Å². The number of allylic oxidation sites excluding steroid dienone is 2. The van der Waals surface area contributed by atoms with Crippen LogP contribution in [0.4, 0.5) is 11.4 Å². The molecule has 2 rings (SSSR count). The van der Waals surface area contributed by atoms with Crippen molar-refractivity contribution in [1.29, 1.82) is 0 Å². The molecule has 0 heterocycles. The minimum absolute atomic E-state index is 0. The zero-order valence-electron chi connectivity index (χ0n) is 22.7. The predicted octanol–water partition coefficient (Wildman–Crippen LogP) is 11.0. The Morgan fingerprint density at radius 2 is 1.06 bits per heavy atom. The van der Waals surface area contributed by atoms with Gasteiger partial charge >= 0.3 is 0 Å². The molecule has 200 valence electrons. The Bertz CT molecular complexity index is 856. The quantitative estimate of drug-likeness (QED) is 0.0979. The second-order valence-electron chi connectivity index (χ2n) is 9.56. The third-order valence-corrected chi connectivity index (χ3v) is 6.34. The van der Waals surface area contributed by atoms with Gasteiger partial charge < -0.3 is 0 Å². The molecular formula is C33H48N2Ni. The van der Waals surface area contributed by atoms with E-state index in [0.717, 1.165) is 42.1 Å². The van der Waals surface area contributed by atoms with E-state index < -0.39 is 0 Å². The first-order valence-corrected chi connectivity index (χ1v) is 14.3. The maximum atomic E-state index is 5.04. The first-order chi connectivity index (χ1) is 17.3. The van der Waals surface area contributed by atoms with Crippen LogP contribution in [-0.4, -0.2) is 11.4 Å². The first kappa shape index (κ1) is 32.0. The van der Waals surface area contributed by atoms with E-state index >= 15 is 0 Å². The fourth-order valence-electron chi connectivity index (χ4n) is 4.23. The number of hydrogen-bond acceptors (Lipinski definition) is 2. The van der Waals surface area contributed by atoms with Gasteiger partial charge in [-0.05, 0) is 56.0 Å². The summed E-state index contributed by atoms with van der Waals surface area (Å²) < 4.78 is 0. The van der Waals surface area contributed by atoms with Gasteiger partial charge in [-0.25, -0.2) is 4.99 Å². The van der Waals surface area contributed by atoms with Crippen LogP contribution >= 0.6 is 0 Å². The Hall–Kier alpha value is -1.99. The van der Waals surface area contributed by atoms with E-state index in [1.165, 1.54) is 77.0 Å². The minimum Gasteiger partial charge on any atom is -0.251 e. The van der Waals surface area contributed by atoms with Crippen molar-refractivity contribution in [3.8, 4) is 0 Å². The van der Waals surface area contributed by atoms with E-state index in [9.17, 15) is 0 Å². The molecule has 0 unspecified atom stereocenters. The number of nitrogens with zero attached hydrogens (tertiary/aromatic N) is 2. The maximum absolute atomic E-state index is 5.04. The number of hydrogen-bond donors (Lipinski definition) is 0. The van der Waals surface area contributed by atoms with Gasteiger partial charge in [0.25, 0.3) is 0 Å². The van der Waals surface area contributed by atoms with Crippen LogP contribution in [-0.2, 0) is 16.5 Å². The van der Waals surface area contributed by atoms with Crippen LogP contribution in [0.3, 0.4) is 0 Å². The average Bonchev–Trinajstić information content (AvgIpc) is 2.89. The van der Waals surface area contributed by atoms with Gasteiger partial charge in [-0.2, -0.15) is 0 Å². The summed E-state index contributed by atoms with van der Waals surface area (Å²) in [4.78, 5) is 10.1. The Kier molecular flexibility index (Phi) is 19.8. The van der Waals surface area contributed by atoms with Gasteiger partial charge in [0.2, 0.25) is 0 Å². The van der Waals surface area contributed by atoms with Gasteiger partial charge in [0, 0.05) is 16.5 Å². The molecule has 0 amide bonds. The van der Waals surface area contributed by atoms with Crippen LogP contribution in [0.15, 0.2) is 82.8 Å². The summed E-state index contributed by atoms with van der Waals surface area (Å²) in [7, 11) is 0. The summed E-state index contributed by atoms with van der Waals surface area (Å²) in [5.74, 6) is 0. The van der Waals surface area contributed by atoms with Crippen LogP contribution in [0.25, 0.3) is 0 Å². The summed E-state index contributed by atoms with van der Waals surface area (Å²) in [6.07, 6.45) is 23.9. The Balaban J connectivity index is 0.00000648. The van der Waals surface area contributed by atoms with Crippen molar-refractivity contribution in [2.75, 3.05) is 0 Å². The van der Waals surface area contributed by atoms with Crippen LogP contribution in [0.1, 0.15) is 110 Å². The number of para-hydroxylation sites is 2. The second-order valence-corrected chi connectivity index (χ2v) is 9.56. The Morgan fingerprint density at radius 1 is 0.583 bits per heavy atom. The third-order valence-electron chi connectivity index (χ3n) is 6.34. The first-order valence-electron chi connectivity index (χ1n) is 14.3. The van der Waals surface area contributed by atoms with Crippen molar-refractivity contribution in [2.24, 2.45) is 9.98 Å². The Labute approximate surface area is 231 Å². The molecule has 0 spiro atoms. The molecule has 0 saturated carbocycles. The maximum Gasteiger partial charge on any atom is 0.0848 e. The number of aliphatic imine (C=N–C) groups is 2. The molecule has 0 aliphatic carbocycles. The SMILES string of the molecule is CCCCCCCCCCCC/C=C/C(=N\c1ccccc1)C(/CCCCC)=N/c1ccccc1.[Ni].